The third kappa shape index (κ3) is 3.31. The molecule has 0 bridgehead atoms. The molecule has 0 saturated heterocycles. The summed E-state index contributed by atoms with van der Waals surface area (Å²) in [5.41, 5.74) is -1.88. The van der Waals surface area contributed by atoms with Crippen LogP contribution in [0.3, 0.4) is 0 Å². The molecule has 0 aromatic carbocycles. The van der Waals surface area contributed by atoms with Crippen molar-refractivity contribution in [2.75, 3.05) is 0 Å². The molecule has 4 nitrogen and oxygen atoms in total. The lowest BCUT2D eigenvalue weighted by molar-refractivity contribution is -0.273. The maximum atomic E-state index is 12.2. The van der Waals surface area contributed by atoms with Gasteiger partial charge in [0.2, 0.25) is 0 Å². The molecule has 0 heterocycles. The van der Waals surface area contributed by atoms with Crippen LogP contribution in [0.5, 0.6) is 0 Å². The topological polar surface area (TPSA) is 52.6 Å². The van der Waals surface area contributed by atoms with Crippen LogP contribution in [0.4, 0.5) is 0 Å². The van der Waals surface area contributed by atoms with Gasteiger partial charge in [0.05, 0.1) is 10.8 Å². The molecule has 1 aliphatic rings. The molecule has 4 heteroatoms. The first-order valence-electron chi connectivity index (χ1n) is 7.94. The molecule has 0 spiro atoms. The first-order chi connectivity index (χ1) is 9.52. The molecule has 1 aliphatic carbocycles. The van der Waals surface area contributed by atoms with Crippen molar-refractivity contribution in [3.05, 3.63) is 0 Å². The molecular formula is C18H32O4. The summed E-state index contributed by atoms with van der Waals surface area (Å²) in [6.07, 6.45) is -0.547. The molecule has 1 rings (SSSR count). The van der Waals surface area contributed by atoms with Gasteiger partial charge in [-0.15, -0.1) is 0 Å². The third-order valence-electron chi connectivity index (χ3n) is 4.38. The van der Waals surface area contributed by atoms with Crippen molar-refractivity contribution >= 4 is 11.9 Å². The molecule has 0 aliphatic heterocycles. The van der Waals surface area contributed by atoms with E-state index in [9.17, 15) is 9.59 Å². The van der Waals surface area contributed by atoms with Crippen molar-refractivity contribution < 1.29 is 19.1 Å². The van der Waals surface area contributed by atoms with E-state index in [2.05, 4.69) is 0 Å². The Morgan fingerprint density at radius 3 is 1.09 bits per heavy atom. The molecule has 0 atom stereocenters. The van der Waals surface area contributed by atoms with E-state index in [1.807, 2.05) is 69.2 Å². The largest absolute Gasteiger partial charge is 0.461 e. The van der Waals surface area contributed by atoms with E-state index in [0.29, 0.717) is 0 Å². The van der Waals surface area contributed by atoms with Crippen LogP contribution in [0.25, 0.3) is 0 Å². The molecule has 0 unspecified atom stereocenters. The number of rotatable bonds is 2. The SMILES string of the molecule is CC(C)(C)C(=O)OC1C(C)(C)C(OC(=O)C(C)(C)C)C1(C)C. The van der Waals surface area contributed by atoms with E-state index in [4.69, 9.17) is 9.47 Å². The lowest BCUT2D eigenvalue weighted by atomic mass is 9.50. The molecular weight excluding hydrogens is 280 g/mol. The number of hydrogen-bond donors (Lipinski definition) is 0. The lowest BCUT2D eigenvalue weighted by Gasteiger charge is -2.61. The minimum Gasteiger partial charge on any atom is -0.461 e. The van der Waals surface area contributed by atoms with Gasteiger partial charge in [0, 0.05) is 10.8 Å². The predicted octanol–water partition coefficient (Wildman–Crippen LogP) is 3.97. The molecule has 1 saturated carbocycles. The zero-order chi connectivity index (χ0) is 17.7. The smallest absolute Gasteiger partial charge is 0.311 e. The van der Waals surface area contributed by atoms with Crippen LogP contribution in [0.1, 0.15) is 69.2 Å². The Kier molecular flexibility index (Phi) is 4.52. The Bertz CT molecular complexity index is 404. The fourth-order valence-corrected chi connectivity index (χ4v) is 3.27. The van der Waals surface area contributed by atoms with E-state index in [-0.39, 0.29) is 24.1 Å². The minimum absolute atomic E-state index is 0.223. The van der Waals surface area contributed by atoms with Crippen LogP contribution >= 0.6 is 0 Å². The summed E-state index contributed by atoms with van der Waals surface area (Å²) in [6, 6.07) is 0. The average Bonchev–Trinajstić information content (AvgIpc) is 2.28. The van der Waals surface area contributed by atoms with Crippen LogP contribution in [0.15, 0.2) is 0 Å². The lowest BCUT2D eigenvalue weighted by Crippen LogP contribution is -2.70. The van der Waals surface area contributed by atoms with Crippen molar-refractivity contribution in [2.24, 2.45) is 21.7 Å². The first-order valence-corrected chi connectivity index (χ1v) is 7.94. The fraction of sp³-hybridized carbons (Fsp3) is 0.889. The zero-order valence-electron chi connectivity index (χ0n) is 15.8. The van der Waals surface area contributed by atoms with E-state index < -0.39 is 21.7 Å². The highest BCUT2D eigenvalue weighted by Gasteiger charge is 2.66. The second-order valence-electron chi connectivity index (χ2n) is 9.71. The van der Waals surface area contributed by atoms with Gasteiger partial charge < -0.3 is 9.47 Å². The highest BCUT2D eigenvalue weighted by atomic mass is 16.6. The van der Waals surface area contributed by atoms with E-state index in [1.54, 1.807) is 0 Å². The molecule has 0 N–H and O–H groups in total. The Balaban J connectivity index is 2.91. The normalized spacial score (nSPS) is 26.8. The summed E-state index contributed by atoms with van der Waals surface area (Å²) in [5, 5.41) is 0. The second-order valence-corrected chi connectivity index (χ2v) is 9.71. The van der Waals surface area contributed by atoms with E-state index in [0.717, 1.165) is 0 Å². The van der Waals surface area contributed by atoms with Crippen LogP contribution in [-0.2, 0) is 19.1 Å². The fourth-order valence-electron chi connectivity index (χ4n) is 3.27. The maximum Gasteiger partial charge on any atom is 0.311 e. The molecule has 0 radical (unpaired) electrons. The monoisotopic (exact) mass is 312 g/mol. The predicted molar refractivity (Wildman–Crippen MR) is 86.2 cm³/mol. The van der Waals surface area contributed by atoms with Gasteiger partial charge in [-0.2, -0.15) is 0 Å². The molecule has 128 valence electrons. The zero-order valence-corrected chi connectivity index (χ0v) is 15.8. The summed E-state index contributed by atoms with van der Waals surface area (Å²) in [4.78, 5) is 24.4. The Hall–Kier alpha value is -1.06. The van der Waals surface area contributed by atoms with Crippen LogP contribution < -0.4 is 0 Å². The van der Waals surface area contributed by atoms with E-state index in [1.165, 1.54) is 0 Å². The summed E-state index contributed by atoms with van der Waals surface area (Å²) in [5.74, 6) is -0.446. The average molecular weight is 312 g/mol. The van der Waals surface area contributed by atoms with Crippen LogP contribution in [0, 0.1) is 21.7 Å². The summed E-state index contributed by atoms with van der Waals surface area (Å²) in [6.45, 7) is 19.0. The van der Waals surface area contributed by atoms with Gasteiger partial charge in [0.1, 0.15) is 12.2 Å². The van der Waals surface area contributed by atoms with Gasteiger partial charge in [0.25, 0.3) is 0 Å². The number of ether oxygens (including phenoxy) is 2. The van der Waals surface area contributed by atoms with Crippen molar-refractivity contribution in [3.8, 4) is 0 Å². The highest BCUT2D eigenvalue weighted by molar-refractivity contribution is 5.77. The molecule has 1 fully saturated rings. The Morgan fingerprint density at radius 2 is 0.909 bits per heavy atom. The summed E-state index contributed by atoms with van der Waals surface area (Å²) >= 11 is 0. The molecule has 0 amide bonds. The molecule has 22 heavy (non-hydrogen) atoms. The van der Waals surface area contributed by atoms with Gasteiger partial charge in [-0.3, -0.25) is 9.59 Å². The standard InChI is InChI=1S/C18H32O4/c1-15(2,3)13(19)21-11-17(7,8)12(18(11,9)10)22-14(20)16(4,5)6/h11-12H,1-10H3. The Labute approximate surface area is 134 Å². The number of hydrogen-bond acceptors (Lipinski definition) is 4. The molecule has 0 aromatic heterocycles. The number of carbonyl (C=O) groups excluding carboxylic acids is 2. The van der Waals surface area contributed by atoms with Crippen molar-refractivity contribution in [1.29, 1.82) is 0 Å². The van der Waals surface area contributed by atoms with Crippen LogP contribution in [-0.4, -0.2) is 24.1 Å². The van der Waals surface area contributed by atoms with Crippen molar-refractivity contribution in [3.63, 3.8) is 0 Å². The quantitative estimate of drug-likeness (QED) is 0.724. The Morgan fingerprint density at radius 1 is 0.682 bits per heavy atom. The summed E-state index contributed by atoms with van der Waals surface area (Å²) in [7, 11) is 0. The second kappa shape index (κ2) is 5.24. The van der Waals surface area contributed by atoms with E-state index >= 15 is 0 Å². The van der Waals surface area contributed by atoms with Crippen molar-refractivity contribution in [1.82, 2.24) is 0 Å². The maximum absolute atomic E-state index is 12.2. The van der Waals surface area contributed by atoms with Gasteiger partial charge in [-0.25, -0.2) is 0 Å². The molecule has 0 aromatic rings. The minimum atomic E-state index is -0.542. The summed E-state index contributed by atoms with van der Waals surface area (Å²) < 4.78 is 11.5. The van der Waals surface area contributed by atoms with Crippen LogP contribution in [0.2, 0.25) is 0 Å². The van der Waals surface area contributed by atoms with Gasteiger partial charge >= 0.3 is 11.9 Å². The highest BCUT2D eigenvalue weighted by Crippen LogP contribution is 2.57. The number of esters is 2. The number of carbonyl (C=O) groups is 2. The van der Waals surface area contributed by atoms with Gasteiger partial charge in [-0.1, -0.05) is 27.7 Å². The van der Waals surface area contributed by atoms with Gasteiger partial charge in [0.15, 0.2) is 0 Å². The van der Waals surface area contributed by atoms with Gasteiger partial charge in [-0.05, 0) is 41.5 Å². The third-order valence-corrected chi connectivity index (χ3v) is 4.38. The first kappa shape index (κ1) is 19.0. The van der Waals surface area contributed by atoms with Crippen molar-refractivity contribution in [2.45, 2.75) is 81.4 Å².